The maximum absolute atomic E-state index is 11.5. The second kappa shape index (κ2) is 4.68. The van der Waals surface area contributed by atoms with E-state index in [4.69, 9.17) is 0 Å². The van der Waals surface area contributed by atoms with Crippen LogP contribution in [0, 0.1) is 6.92 Å². The third-order valence-corrected chi connectivity index (χ3v) is 4.61. The van der Waals surface area contributed by atoms with Crippen LogP contribution in [0.2, 0.25) is 0 Å². The first-order chi connectivity index (χ1) is 10.6. The van der Waals surface area contributed by atoms with Crippen molar-refractivity contribution >= 4 is 33.0 Å². The number of aryl methyl sites for hydroxylation is 1. The van der Waals surface area contributed by atoms with E-state index in [0.29, 0.717) is 10.7 Å². The van der Waals surface area contributed by atoms with Crippen molar-refractivity contribution in [2.45, 2.75) is 6.92 Å². The minimum Gasteiger partial charge on any atom is -0.477 e. The Morgan fingerprint density at radius 2 is 1.95 bits per heavy atom. The largest absolute Gasteiger partial charge is 0.477 e. The minimum atomic E-state index is -0.953. The molecule has 2 aromatic heterocycles. The molecular formula is C17H12N2O2S. The molecular weight excluding hydrogens is 296 g/mol. The van der Waals surface area contributed by atoms with Gasteiger partial charge >= 0.3 is 5.97 Å². The van der Waals surface area contributed by atoms with Crippen LogP contribution >= 0.6 is 11.3 Å². The number of aromatic nitrogens is 2. The van der Waals surface area contributed by atoms with Crippen molar-refractivity contribution in [3.8, 4) is 11.3 Å². The number of rotatable bonds is 2. The maximum atomic E-state index is 11.5. The van der Waals surface area contributed by atoms with E-state index in [1.165, 1.54) is 11.3 Å². The topological polar surface area (TPSA) is 54.6 Å². The van der Waals surface area contributed by atoms with Gasteiger partial charge in [0.1, 0.15) is 0 Å². The van der Waals surface area contributed by atoms with Gasteiger partial charge in [-0.3, -0.25) is 4.40 Å². The van der Waals surface area contributed by atoms with Crippen molar-refractivity contribution in [1.82, 2.24) is 9.38 Å². The average molecular weight is 308 g/mol. The molecule has 0 aliphatic heterocycles. The number of aromatic carboxylic acids is 1. The van der Waals surface area contributed by atoms with Crippen molar-refractivity contribution in [1.29, 1.82) is 0 Å². The van der Waals surface area contributed by atoms with Crippen LogP contribution in [0.4, 0.5) is 0 Å². The highest BCUT2D eigenvalue weighted by molar-refractivity contribution is 7.15. The summed E-state index contributed by atoms with van der Waals surface area (Å²) in [7, 11) is 0. The molecule has 4 aromatic rings. The summed E-state index contributed by atoms with van der Waals surface area (Å²) in [5.41, 5.74) is 2.63. The van der Waals surface area contributed by atoms with Gasteiger partial charge in [-0.2, -0.15) is 0 Å². The van der Waals surface area contributed by atoms with Crippen LogP contribution in [0.3, 0.4) is 0 Å². The molecule has 0 fully saturated rings. The van der Waals surface area contributed by atoms with Gasteiger partial charge in [0.05, 0.1) is 11.4 Å². The van der Waals surface area contributed by atoms with E-state index in [1.807, 2.05) is 23.6 Å². The third kappa shape index (κ3) is 1.83. The molecule has 2 heterocycles. The number of benzene rings is 2. The predicted molar refractivity (Wildman–Crippen MR) is 87.7 cm³/mol. The SMILES string of the molecule is Cc1nc2scc(-c3ccc4ccccc4c3)n2c1C(=O)O. The van der Waals surface area contributed by atoms with Crippen molar-refractivity contribution in [3.63, 3.8) is 0 Å². The van der Waals surface area contributed by atoms with Gasteiger partial charge in [0.25, 0.3) is 0 Å². The lowest BCUT2D eigenvalue weighted by atomic mass is 10.1. The monoisotopic (exact) mass is 308 g/mol. The fourth-order valence-electron chi connectivity index (χ4n) is 2.76. The van der Waals surface area contributed by atoms with Crippen LogP contribution in [0.25, 0.3) is 27.0 Å². The minimum absolute atomic E-state index is 0.236. The number of thiazole rings is 1. The van der Waals surface area contributed by atoms with Gasteiger partial charge in [-0.25, -0.2) is 9.78 Å². The first-order valence-electron chi connectivity index (χ1n) is 6.84. The molecule has 22 heavy (non-hydrogen) atoms. The molecule has 5 heteroatoms. The fourth-order valence-corrected chi connectivity index (χ4v) is 3.71. The molecule has 4 nitrogen and oxygen atoms in total. The van der Waals surface area contributed by atoms with Crippen molar-refractivity contribution in [2.75, 3.05) is 0 Å². The van der Waals surface area contributed by atoms with E-state index >= 15 is 0 Å². The zero-order valence-corrected chi connectivity index (χ0v) is 12.6. The molecule has 0 radical (unpaired) electrons. The van der Waals surface area contributed by atoms with E-state index < -0.39 is 5.97 Å². The zero-order valence-electron chi connectivity index (χ0n) is 11.8. The highest BCUT2D eigenvalue weighted by atomic mass is 32.1. The van der Waals surface area contributed by atoms with Crippen LogP contribution < -0.4 is 0 Å². The smallest absolute Gasteiger partial charge is 0.354 e. The Hall–Kier alpha value is -2.66. The average Bonchev–Trinajstić information content (AvgIpc) is 3.04. The zero-order chi connectivity index (χ0) is 15.3. The Morgan fingerprint density at radius 3 is 2.73 bits per heavy atom. The van der Waals surface area contributed by atoms with Crippen molar-refractivity contribution in [2.24, 2.45) is 0 Å². The molecule has 0 bridgehead atoms. The van der Waals surface area contributed by atoms with Crippen LogP contribution in [-0.2, 0) is 0 Å². The summed E-state index contributed by atoms with van der Waals surface area (Å²) in [5.74, 6) is -0.953. The molecule has 0 saturated heterocycles. The fraction of sp³-hybridized carbons (Fsp3) is 0.0588. The molecule has 0 unspecified atom stereocenters. The lowest BCUT2D eigenvalue weighted by Gasteiger charge is -2.04. The lowest BCUT2D eigenvalue weighted by molar-refractivity contribution is 0.0688. The third-order valence-electron chi connectivity index (χ3n) is 3.79. The highest BCUT2D eigenvalue weighted by Gasteiger charge is 2.20. The second-order valence-electron chi connectivity index (χ2n) is 5.15. The molecule has 0 aliphatic rings. The van der Waals surface area contributed by atoms with E-state index in [-0.39, 0.29) is 5.69 Å². The molecule has 0 saturated carbocycles. The molecule has 108 valence electrons. The molecule has 2 aromatic carbocycles. The number of carboxylic acids is 1. The summed E-state index contributed by atoms with van der Waals surface area (Å²) in [4.78, 5) is 16.6. The summed E-state index contributed by atoms with van der Waals surface area (Å²) < 4.78 is 1.73. The summed E-state index contributed by atoms with van der Waals surface area (Å²) in [6, 6.07) is 14.3. The molecule has 0 amide bonds. The number of hydrogen-bond donors (Lipinski definition) is 1. The molecule has 1 N–H and O–H groups in total. The number of imidazole rings is 1. The van der Waals surface area contributed by atoms with Crippen LogP contribution in [-0.4, -0.2) is 20.5 Å². The number of nitrogens with zero attached hydrogens (tertiary/aromatic N) is 2. The Balaban J connectivity index is 2.01. The number of fused-ring (bicyclic) bond motifs is 2. The van der Waals surface area contributed by atoms with Gasteiger partial charge in [0.15, 0.2) is 10.7 Å². The summed E-state index contributed by atoms with van der Waals surface area (Å²) in [5, 5.41) is 13.7. The van der Waals surface area contributed by atoms with Crippen LogP contribution in [0.5, 0.6) is 0 Å². The van der Waals surface area contributed by atoms with E-state index in [9.17, 15) is 9.90 Å². The lowest BCUT2D eigenvalue weighted by Crippen LogP contribution is -2.04. The van der Waals surface area contributed by atoms with Crippen LogP contribution in [0.1, 0.15) is 16.2 Å². The first kappa shape index (κ1) is 13.0. The van der Waals surface area contributed by atoms with Gasteiger partial charge in [0, 0.05) is 10.9 Å². The molecule has 0 aliphatic carbocycles. The normalized spacial score (nSPS) is 11.3. The first-order valence-corrected chi connectivity index (χ1v) is 7.72. The standard InChI is InChI=1S/C17H12N2O2S/c1-10-15(16(20)21)19-14(9-22-17(19)18-10)13-7-6-11-4-2-3-5-12(11)8-13/h2-9H,1H3,(H,20,21). The van der Waals surface area contributed by atoms with Gasteiger partial charge < -0.3 is 5.11 Å². The molecule has 0 atom stereocenters. The second-order valence-corrected chi connectivity index (χ2v) is 5.99. The number of hydrogen-bond acceptors (Lipinski definition) is 3. The number of carbonyl (C=O) groups is 1. The Labute approximate surface area is 130 Å². The highest BCUT2D eigenvalue weighted by Crippen LogP contribution is 2.30. The summed E-state index contributed by atoms with van der Waals surface area (Å²) in [6.07, 6.45) is 0. The Morgan fingerprint density at radius 1 is 1.18 bits per heavy atom. The van der Waals surface area contributed by atoms with Gasteiger partial charge in [-0.15, -0.1) is 11.3 Å². The van der Waals surface area contributed by atoms with Crippen molar-refractivity contribution < 1.29 is 9.90 Å². The van der Waals surface area contributed by atoms with E-state index in [2.05, 4.69) is 29.2 Å². The maximum Gasteiger partial charge on any atom is 0.354 e. The Kier molecular flexibility index (Phi) is 2.77. The molecule has 4 rings (SSSR count). The van der Waals surface area contributed by atoms with E-state index in [1.54, 1.807) is 11.3 Å². The van der Waals surface area contributed by atoms with E-state index in [0.717, 1.165) is 22.0 Å². The van der Waals surface area contributed by atoms with Gasteiger partial charge in [-0.05, 0) is 23.8 Å². The van der Waals surface area contributed by atoms with Crippen molar-refractivity contribution in [3.05, 3.63) is 59.2 Å². The number of carboxylic acid groups (broad SMARTS) is 1. The quantitative estimate of drug-likeness (QED) is 0.603. The molecule has 0 spiro atoms. The van der Waals surface area contributed by atoms with Crippen LogP contribution in [0.15, 0.2) is 47.8 Å². The Bertz CT molecular complexity index is 1030. The summed E-state index contributed by atoms with van der Waals surface area (Å²) in [6.45, 7) is 1.73. The summed E-state index contributed by atoms with van der Waals surface area (Å²) >= 11 is 1.46. The van der Waals surface area contributed by atoms with Gasteiger partial charge in [0.2, 0.25) is 0 Å². The predicted octanol–water partition coefficient (Wildman–Crippen LogP) is 4.22. The van der Waals surface area contributed by atoms with Gasteiger partial charge in [-0.1, -0.05) is 36.4 Å².